The van der Waals surface area contributed by atoms with Crippen LogP contribution in [0, 0.1) is 0 Å². The molecule has 0 aromatic heterocycles. The second-order valence-corrected chi connectivity index (χ2v) is 0. The zero-order chi connectivity index (χ0) is 0. The molecule has 20 valence electrons. The topological polar surface area (TPSA) is 0 Å². The van der Waals surface area contributed by atoms with Crippen molar-refractivity contribution in [2.45, 2.75) is 0 Å². The van der Waals surface area contributed by atoms with E-state index in [-0.39, 0.29) is 84.4 Å². The van der Waals surface area contributed by atoms with Gasteiger partial charge in [-0.15, -0.1) is 0 Å². The maximum atomic E-state index is 0. The Bertz CT molecular complexity index is 14.9. The smallest absolute Gasteiger partial charge is 1.00 e. The first kappa shape index (κ1) is 30.8. The van der Waals surface area contributed by atoms with Crippen LogP contribution in [0.2, 0.25) is 0 Å². The van der Waals surface area contributed by atoms with Crippen LogP contribution < -0.4 is 18.9 Å². The van der Waals surface area contributed by atoms with Crippen LogP contribution in [0.25, 0.3) is 0 Å². The predicted molar refractivity (Wildman–Crippen MR) is 9.09 cm³/mol. The van der Waals surface area contributed by atoms with E-state index in [1.54, 1.807) is 0 Å². The largest absolute Gasteiger partial charge is 2.00 e. The summed E-state index contributed by atoms with van der Waals surface area (Å²) in [4.78, 5) is 0. The van der Waals surface area contributed by atoms with Crippen molar-refractivity contribution in [1.82, 2.24) is 0 Å². The van der Waals surface area contributed by atoms with Crippen LogP contribution in [0.1, 0.15) is 4.28 Å². The normalized spacial score (nSPS) is 0. The van der Waals surface area contributed by atoms with E-state index in [0.29, 0.717) is 0 Å². The molecule has 0 aromatic carbocycles. The molecule has 0 atom stereocenters. The Morgan fingerprint density at radius 2 is 1.25 bits per heavy atom. The Balaban J connectivity index is 0. The van der Waals surface area contributed by atoms with Gasteiger partial charge in [-0.1, -0.05) is 0 Å². The first-order valence-electron chi connectivity index (χ1n) is 0. The van der Waals surface area contributed by atoms with E-state index in [4.69, 9.17) is 0 Å². The number of rotatable bonds is 0. The van der Waals surface area contributed by atoms with Crippen molar-refractivity contribution in [3.05, 3.63) is 0 Å². The molecule has 0 nitrogen and oxygen atoms in total. The molecule has 0 N–H and O–H groups in total. The van der Waals surface area contributed by atoms with Crippen LogP contribution in [-0.2, 0) is 38.2 Å². The van der Waals surface area contributed by atoms with Crippen LogP contribution in [0.3, 0.4) is 0 Å². The molecule has 0 saturated carbocycles. The van der Waals surface area contributed by atoms with Crippen molar-refractivity contribution in [3.63, 3.8) is 0 Å². The van der Waals surface area contributed by atoms with Crippen molar-refractivity contribution in [3.8, 4) is 0 Å². The van der Waals surface area contributed by atoms with Gasteiger partial charge in [0.05, 0.1) is 0 Å². The fourth-order valence-electron chi connectivity index (χ4n) is 0. The third kappa shape index (κ3) is 8.82. The fraction of sp³-hybridized carbons (Fsp3) is 0. The van der Waals surface area contributed by atoms with Gasteiger partial charge in [-0.25, -0.2) is 0 Å². The summed E-state index contributed by atoms with van der Waals surface area (Å²) in [5, 5.41) is 0. The zero-order valence-electron chi connectivity index (χ0n) is 5.52. The Hall–Kier alpha value is 2.57. The van der Waals surface area contributed by atoms with E-state index in [0.717, 1.165) is 0 Å². The fourth-order valence-corrected chi connectivity index (χ4v) is 0. The van der Waals surface area contributed by atoms with E-state index >= 15 is 0 Å². The molecule has 0 fully saturated rings. The van der Waals surface area contributed by atoms with E-state index in [1.807, 2.05) is 0 Å². The summed E-state index contributed by atoms with van der Waals surface area (Å²) < 4.78 is 0. The molecule has 0 rings (SSSR count). The Morgan fingerprint density at radius 3 is 1.25 bits per heavy atom. The van der Waals surface area contributed by atoms with Crippen LogP contribution >= 0.6 is 0 Å². The molecule has 0 amide bonds. The van der Waals surface area contributed by atoms with E-state index in [2.05, 4.69) is 0 Å². The molecule has 4 heteroatoms. The third-order valence-corrected chi connectivity index (χ3v) is 0. The summed E-state index contributed by atoms with van der Waals surface area (Å²) in [6.45, 7) is 0. The van der Waals surface area contributed by atoms with E-state index in [1.165, 1.54) is 0 Å². The maximum absolute atomic E-state index is 0. The maximum Gasteiger partial charge on any atom is 2.00 e. The van der Waals surface area contributed by atoms with Gasteiger partial charge in [0.2, 0.25) is 0 Å². The molecule has 0 radical (unpaired) electrons. The zero-order valence-corrected chi connectivity index (χ0v) is 6.49. The van der Waals surface area contributed by atoms with E-state index in [9.17, 15) is 0 Å². The second-order valence-electron chi connectivity index (χ2n) is 0. The van der Waals surface area contributed by atoms with Crippen molar-refractivity contribution < 1.29 is 61.3 Å². The minimum atomic E-state index is 0. The molecular weight excluding hydrogens is 138 g/mol. The van der Waals surface area contributed by atoms with Gasteiger partial charge in [0.25, 0.3) is 0 Å². The van der Waals surface area contributed by atoms with Gasteiger partial charge in [0, 0.05) is 38.2 Å². The predicted octanol–water partition coefficient (Wildman–Crippen LogP) is -3.04. The Morgan fingerprint density at radius 1 is 1.25 bits per heavy atom. The van der Waals surface area contributed by atoms with Gasteiger partial charge in [-0.3, -0.25) is 0 Å². The molecule has 0 aromatic rings. The minimum Gasteiger partial charge on any atom is -1.00 e. The van der Waals surface area contributed by atoms with Crippen molar-refractivity contribution in [1.29, 1.82) is 0 Å². The van der Waals surface area contributed by atoms with Crippen molar-refractivity contribution >= 4 is 23.1 Å². The molecule has 4 heavy (non-hydrogen) atoms. The molecule has 0 spiro atoms. The first-order chi connectivity index (χ1) is 0. The van der Waals surface area contributed by atoms with Gasteiger partial charge < -0.3 is 4.28 Å². The van der Waals surface area contributed by atoms with Gasteiger partial charge in [0.1, 0.15) is 0 Å². The van der Waals surface area contributed by atoms with Gasteiger partial charge in [-0.2, -0.15) is 0 Å². The van der Waals surface area contributed by atoms with E-state index < -0.39 is 0 Å². The summed E-state index contributed by atoms with van der Waals surface area (Å²) in [5.74, 6) is 0. The van der Waals surface area contributed by atoms with Crippen LogP contribution in [0.4, 0.5) is 0 Å². The first-order valence-corrected chi connectivity index (χ1v) is 0. The summed E-state index contributed by atoms with van der Waals surface area (Å²) >= 11 is 0. The quantitative estimate of drug-likeness (QED) is 0.314. The average Bonchev–Trinajstić information content (AvgIpc) is 0. The summed E-state index contributed by atoms with van der Waals surface area (Å²) in [6.07, 6.45) is 0. The van der Waals surface area contributed by atoms with Crippen molar-refractivity contribution in [2.75, 3.05) is 0 Å². The third-order valence-electron chi connectivity index (χ3n) is 0. The molecule has 0 heterocycles. The summed E-state index contributed by atoms with van der Waals surface area (Å²) in [7, 11) is 0. The monoisotopic (exact) mass is 140 g/mol. The molecule has 0 aliphatic carbocycles. The Kier molecular flexibility index (Phi) is 136. The molecule has 0 aliphatic rings. The van der Waals surface area contributed by atoms with Crippen LogP contribution in [0.5, 0.6) is 0 Å². The molecule has 0 bridgehead atoms. The summed E-state index contributed by atoms with van der Waals surface area (Å²) in [5.41, 5.74) is 0. The number of hydrogen-bond acceptors (Lipinski definition) is 0. The van der Waals surface area contributed by atoms with Gasteiger partial charge in [0.15, 0.2) is 0 Å². The molecular formula is H3LiMgNiTi. The van der Waals surface area contributed by atoms with Gasteiger partial charge in [-0.05, 0) is 0 Å². The average molecular weight is 141 g/mol. The molecule has 0 unspecified atom stereocenters. The molecule has 0 aliphatic heterocycles. The summed E-state index contributed by atoms with van der Waals surface area (Å²) in [6, 6.07) is 0. The van der Waals surface area contributed by atoms with Crippen LogP contribution in [0.15, 0.2) is 0 Å². The van der Waals surface area contributed by atoms with Crippen molar-refractivity contribution in [2.24, 2.45) is 0 Å². The Labute approximate surface area is 83.4 Å². The number of hydrogen-bond donors (Lipinski definition) is 0. The van der Waals surface area contributed by atoms with Crippen LogP contribution in [-0.4, -0.2) is 23.1 Å². The van der Waals surface area contributed by atoms with Gasteiger partial charge >= 0.3 is 41.9 Å². The standard InChI is InChI=1S/Li.Mg.Ni.Ti.3H/q+1;+2;;;3*-1. The minimum absolute atomic E-state index is 0. The second kappa shape index (κ2) is 17.6. The molecule has 0 saturated heterocycles. The SMILES string of the molecule is [H-].[H-].[H-].[Li+].[Mg+2].[Ni].[Ti].